The van der Waals surface area contributed by atoms with Crippen LogP contribution in [0.3, 0.4) is 0 Å². The highest BCUT2D eigenvalue weighted by Crippen LogP contribution is 2.37. The van der Waals surface area contributed by atoms with Crippen LogP contribution in [0.5, 0.6) is 0 Å². The highest BCUT2D eigenvalue weighted by molar-refractivity contribution is 5.96. The first-order valence-electron chi connectivity index (χ1n) is 42.2. The lowest BCUT2D eigenvalue weighted by Gasteiger charge is -2.29. The molecule has 0 spiro atoms. The Bertz CT molecular complexity index is 6750. The van der Waals surface area contributed by atoms with Crippen molar-refractivity contribution in [1.82, 2.24) is 135 Å². The van der Waals surface area contributed by atoms with Gasteiger partial charge in [0.05, 0.1) is 52.6 Å². The Morgan fingerprint density at radius 2 is 0.820 bits per heavy atom. The van der Waals surface area contributed by atoms with Crippen molar-refractivity contribution in [2.75, 3.05) is 75.2 Å². The number of aromatic amines is 5. The van der Waals surface area contributed by atoms with Gasteiger partial charge in [-0.05, 0) is 125 Å². The van der Waals surface area contributed by atoms with E-state index >= 15 is 0 Å². The van der Waals surface area contributed by atoms with Crippen molar-refractivity contribution < 1.29 is 59.0 Å². The maximum Gasteiger partial charge on any atom is 0.410 e. The molecule has 2 saturated heterocycles. The summed E-state index contributed by atoms with van der Waals surface area (Å²) in [5, 5.41) is 19.8. The largest absolute Gasteiger partial charge is 0.444 e. The second-order valence-corrected chi connectivity index (χ2v) is 32.0. The number of carbonyl (C=O) groups is 4. The van der Waals surface area contributed by atoms with E-state index in [-0.39, 0.29) is 54.8 Å². The van der Waals surface area contributed by atoms with Gasteiger partial charge in [0.15, 0.2) is 34.9 Å². The summed E-state index contributed by atoms with van der Waals surface area (Å²) in [6.45, 7) is 7.52. The van der Waals surface area contributed by atoms with Crippen LogP contribution in [0.25, 0.3) is 128 Å². The summed E-state index contributed by atoms with van der Waals surface area (Å²) < 4.78 is 109. The molecule has 0 unspecified atom stereocenters. The van der Waals surface area contributed by atoms with Gasteiger partial charge in [0.25, 0.3) is 0 Å². The van der Waals surface area contributed by atoms with Crippen molar-refractivity contribution in [3.63, 3.8) is 0 Å². The number of ether oxygens (including phenoxy) is 1. The number of pyridine rings is 3. The highest BCUT2D eigenvalue weighted by atomic mass is 19.4. The summed E-state index contributed by atoms with van der Waals surface area (Å²) in [5.41, 5.74) is 16.2. The molecule has 15 aromatic heterocycles. The molecule has 5 aliphatic heterocycles. The summed E-state index contributed by atoms with van der Waals surface area (Å²) in [4.78, 5) is 142. The third-order valence-electron chi connectivity index (χ3n) is 22.1. The number of fused-ring (bicyclic) bond motifs is 5. The number of hydrogen-bond donors (Lipinski definition) is 8. The second kappa shape index (κ2) is 40.0. The fraction of sp³-hybridized carbons (Fsp3) is 0.289. The van der Waals surface area contributed by atoms with Crippen LogP contribution in [0.1, 0.15) is 89.2 Å². The van der Waals surface area contributed by atoms with Gasteiger partial charge in [0, 0.05) is 163 Å². The molecule has 4 amide bonds. The standard InChI is InChI=1S/C21H23N5O2.C19H16N6O.2C17H15F4N7O.C16H15N5/c1-21(2,3)28-20(27)26-9-7-14(8-10-26)17-5-4-6-18(25-17)15-12-23-19-16(15)11-22-13-24-19;20-7-4-18(26)25-8-5-13(6-9-25)16-2-1-3-17(24-16)14-11-22-19-15(14)10-21-12-23-19;2*18-11-6-24-14(10-5-23-13-9(10)4-22-8-26-13)27-15(11)28-3-1-2-12(28)16(29)25-7-17(19,20)21;1-2-14(11-4-6-17-7-5-11)21-15(3-1)12-9-19-16-13(12)8-18-10-20-16/h4-7,11-13H,8-10H2,1-3H3,(H,22,23,24);1-3,5,10-12H,4,6,8-9H2,(H,21,22,23);2*4-6,8,12H,1-3,7H2,(H,25,29)(H,22,23,26);1-4,8-10,17H,5-7H2,(H,18,19,20)/t;;2*12-;/m..10./s1. The Balaban J connectivity index is 0.000000122. The molecule has 35 nitrogen and oxygen atoms in total. The van der Waals surface area contributed by atoms with Gasteiger partial charge in [-0.25, -0.2) is 98.3 Å². The monoisotopic (exact) mass is 1820 g/mol. The van der Waals surface area contributed by atoms with Gasteiger partial charge in [-0.15, -0.1) is 0 Å². The number of nitrogens with zero attached hydrogens (tertiary/aromatic N) is 22. The van der Waals surface area contributed by atoms with E-state index in [1.807, 2.05) is 111 Å². The van der Waals surface area contributed by atoms with Crippen LogP contribution in [0, 0.1) is 23.0 Å². The van der Waals surface area contributed by atoms with E-state index in [2.05, 4.69) is 124 Å². The summed E-state index contributed by atoms with van der Waals surface area (Å²) in [6, 6.07) is 18.1. The maximum atomic E-state index is 14.5. The summed E-state index contributed by atoms with van der Waals surface area (Å²) in [6.07, 6.45) is 27.8. The molecule has 8 N–H and O–H groups in total. The van der Waals surface area contributed by atoms with E-state index in [9.17, 15) is 54.3 Å². The zero-order valence-corrected chi connectivity index (χ0v) is 71.5. The molecule has 2 atom stereocenters. The summed E-state index contributed by atoms with van der Waals surface area (Å²) in [7, 11) is 0. The molecule has 0 aromatic carbocycles. The Morgan fingerprint density at radius 1 is 0.459 bits per heavy atom. The molecule has 0 saturated carbocycles. The molecule has 2 fully saturated rings. The SMILES string of the molecule is C1=C(c2cccc(-c3c[nH]c4ncncc34)n2)CCNC1.CC(C)(C)OC(=O)N1CC=C(c2cccc(-c3c[nH]c4ncncc34)n2)CC1.N#CCC(=O)N1CC=C(c2cccc(-c3c[nH]c4ncncc34)n2)CC1.O=C(NCC(F)(F)F)[C@@H]1CCCN1c1nc(-c2c[nH]c3ncncc23)ncc1F.O=C(NCC(F)(F)F)[C@H]1CCCN1c1nc(-c2c[nH]c3ncncc23)ncc1F. The molecule has 680 valence electrons. The van der Waals surface area contributed by atoms with Crippen molar-refractivity contribution in [3.8, 4) is 62.6 Å². The Morgan fingerprint density at radius 3 is 1.17 bits per heavy atom. The van der Waals surface area contributed by atoms with Gasteiger partial charge in [-0.3, -0.25) is 14.4 Å². The van der Waals surface area contributed by atoms with E-state index in [0.717, 1.165) is 140 Å². The van der Waals surface area contributed by atoms with Crippen LogP contribution in [-0.4, -0.2) is 239 Å². The number of halogens is 8. The van der Waals surface area contributed by atoms with E-state index in [0.29, 0.717) is 85.1 Å². The molecule has 0 aliphatic carbocycles. The molecule has 43 heteroatoms. The fourth-order valence-electron chi connectivity index (χ4n) is 15.7. The molecule has 0 bridgehead atoms. The first kappa shape index (κ1) is 90.5. The Labute approximate surface area is 751 Å². The Kier molecular flexibility index (Phi) is 27.2. The topological polar surface area (TPSA) is 448 Å². The number of carbonyl (C=O) groups excluding carboxylic acids is 4. The lowest BCUT2D eigenvalue weighted by Crippen LogP contribution is -2.46. The van der Waals surface area contributed by atoms with Crippen LogP contribution >= 0.6 is 0 Å². The van der Waals surface area contributed by atoms with Crippen LogP contribution < -0.4 is 25.8 Å². The van der Waals surface area contributed by atoms with E-state index in [1.54, 1.807) is 53.3 Å². The third-order valence-corrected chi connectivity index (χ3v) is 22.1. The molecule has 20 heterocycles. The minimum absolute atomic E-state index is 0.0699. The lowest BCUT2D eigenvalue weighted by atomic mass is 10.0. The fourth-order valence-corrected chi connectivity index (χ4v) is 15.7. The van der Waals surface area contributed by atoms with Crippen molar-refractivity contribution in [2.24, 2.45) is 0 Å². The lowest BCUT2D eigenvalue weighted by molar-refractivity contribution is -0.139. The van der Waals surface area contributed by atoms with Crippen LogP contribution in [-0.2, 0) is 19.1 Å². The number of nitrogens with one attached hydrogen (secondary N) is 8. The molecule has 5 aliphatic rings. The van der Waals surface area contributed by atoms with Gasteiger partial charge < -0.3 is 65.2 Å². The second-order valence-electron chi connectivity index (χ2n) is 32.0. The zero-order valence-electron chi connectivity index (χ0n) is 71.5. The molecule has 133 heavy (non-hydrogen) atoms. The quantitative estimate of drug-likeness (QED) is 0.0442. The summed E-state index contributed by atoms with van der Waals surface area (Å²) >= 11 is 0. The predicted molar refractivity (Wildman–Crippen MR) is 475 cm³/mol. The number of hydrogen-bond acceptors (Lipinski definition) is 26. The zero-order chi connectivity index (χ0) is 92.9. The van der Waals surface area contributed by atoms with Crippen molar-refractivity contribution in [3.05, 3.63) is 208 Å². The van der Waals surface area contributed by atoms with Crippen LogP contribution in [0.2, 0.25) is 0 Å². The van der Waals surface area contributed by atoms with E-state index < -0.39 is 66.6 Å². The maximum absolute atomic E-state index is 14.5. The minimum atomic E-state index is -4.52. The normalized spacial score (nSPS) is 15.7. The van der Waals surface area contributed by atoms with Gasteiger partial charge >= 0.3 is 18.4 Å². The average Bonchev–Trinajstić information content (AvgIpc) is 1.67. The van der Waals surface area contributed by atoms with Gasteiger partial charge in [0.1, 0.15) is 97.1 Å². The first-order chi connectivity index (χ1) is 64.2. The van der Waals surface area contributed by atoms with Crippen molar-refractivity contribution in [2.45, 2.75) is 102 Å². The molecular weight excluding hydrogens is 1730 g/mol. The van der Waals surface area contributed by atoms with Crippen molar-refractivity contribution >= 4 is 107 Å². The average molecular weight is 1820 g/mol. The number of H-pyrrole nitrogens is 5. The molecule has 15 aromatic rings. The van der Waals surface area contributed by atoms with Gasteiger partial charge in [-0.2, -0.15) is 31.6 Å². The smallest absolute Gasteiger partial charge is 0.410 e. The Hall–Kier alpha value is -15.9. The number of amides is 4. The molecule has 0 radical (unpaired) electrons. The van der Waals surface area contributed by atoms with Gasteiger partial charge in [-0.1, -0.05) is 36.4 Å². The number of rotatable bonds is 15. The number of aromatic nitrogens is 22. The molecule has 20 rings (SSSR count). The van der Waals surface area contributed by atoms with Crippen LogP contribution in [0.4, 0.5) is 51.6 Å². The predicted octanol–water partition coefficient (Wildman–Crippen LogP) is 13.4. The number of nitriles is 1. The van der Waals surface area contributed by atoms with Crippen molar-refractivity contribution in [1.29, 1.82) is 5.26 Å². The third kappa shape index (κ3) is 21.7. The minimum Gasteiger partial charge on any atom is -0.444 e. The summed E-state index contributed by atoms with van der Waals surface area (Å²) in [5.74, 6) is -3.19. The van der Waals surface area contributed by atoms with Gasteiger partial charge in [0.2, 0.25) is 17.7 Å². The number of alkyl halides is 6. The van der Waals surface area contributed by atoms with Crippen LogP contribution in [0.15, 0.2) is 179 Å². The number of anilines is 2. The van der Waals surface area contributed by atoms with E-state index in [4.69, 9.17) is 25.0 Å². The highest BCUT2D eigenvalue weighted by Gasteiger charge is 2.39. The van der Waals surface area contributed by atoms with E-state index in [1.165, 1.54) is 40.7 Å². The first-order valence-corrected chi connectivity index (χ1v) is 42.2. The molecular formula is C90H84F8N30O5.